The second-order valence-corrected chi connectivity index (χ2v) is 16.9. The highest BCUT2D eigenvalue weighted by molar-refractivity contribution is 7.15. The Hall–Kier alpha value is -7.45. The Morgan fingerprint density at radius 2 is 1.14 bits per heavy atom. The van der Waals surface area contributed by atoms with Crippen molar-refractivity contribution in [3.8, 4) is 11.5 Å². The number of carbonyl (C=O) groups excluding carboxylic acids is 7. The predicted octanol–water partition coefficient (Wildman–Crippen LogP) is 2.06. The van der Waals surface area contributed by atoms with E-state index < -0.39 is 35.6 Å². The van der Waals surface area contributed by atoms with Crippen molar-refractivity contribution >= 4 is 85.3 Å². The lowest BCUT2D eigenvalue weighted by atomic mass is 10.1. The van der Waals surface area contributed by atoms with Gasteiger partial charge in [-0.25, -0.2) is 9.97 Å². The number of anilines is 2. The van der Waals surface area contributed by atoms with Crippen LogP contribution in [0, 0.1) is 0 Å². The third kappa shape index (κ3) is 15.0. The molecular weight excluding hydrogens is 949 g/mol. The molecule has 0 aliphatic rings. The zero-order valence-corrected chi connectivity index (χ0v) is 40.0. The van der Waals surface area contributed by atoms with Crippen LogP contribution in [0.2, 0.25) is 0 Å². The summed E-state index contributed by atoms with van der Waals surface area (Å²) in [7, 11) is 2.84. The number of ether oxygens (including phenoxy) is 4. The molecule has 372 valence electrons. The van der Waals surface area contributed by atoms with Crippen molar-refractivity contribution in [3.05, 3.63) is 94.5 Å². The van der Waals surface area contributed by atoms with Crippen molar-refractivity contribution in [1.82, 2.24) is 45.4 Å². The van der Waals surface area contributed by atoms with Gasteiger partial charge in [0.2, 0.25) is 17.7 Å². The largest absolute Gasteiger partial charge is 0.496 e. The monoisotopic (exact) mass is 1000 g/mol. The number of benzene rings is 2. The van der Waals surface area contributed by atoms with E-state index in [9.17, 15) is 33.6 Å². The number of carbonyl (C=O) groups is 7. The Balaban J connectivity index is 0.850. The number of amides is 7. The topological polar surface area (TPSA) is 301 Å². The summed E-state index contributed by atoms with van der Waals surface area (Å²) in [5.74, 6) is -2.60. The van der Waals surface area contributed by atoms with Gasteiger partial charge in [-0.05, 0) is 68.6 Å². The number of hydrogen-bond donors (Lipinski definition) is 8. The van der Waals surface area contributed by atoms with Crippen LogP contribution in [0.4, 0.5) is 11.4 Å². The lowest BCUT2D eigenvalue weighted by Crippen LogP contribution is -2.48. The van der Waals surface area contributed by atoms with Crippen LogP contribution >= 0.6 is 22.7 Å². The van der Waals surface area contributed by atoms with Crippen molar-refractivity contribution in [3.63, 3.8) is 0 Å². The van der Waals surface area contributed by atoms with Crippen molar-refractivity contribution in [2.45, 2.75) is 31.7 Å². The minimum Gasteiger partial charge on any atom is -0.496 e. The number of nitrogens with two attached hydrogens (primary N) is 1. The molecule has 2 aromatic carbocycles. The average molecular weight is 1000 g/mol. The SMILES string of the molecule is COc1ccc(NC(=O)c2cn3ccsc3n2)cc1C(=O)NCCOCC(=O)NCCCCC(NC(=O)COCCNC(=O)c1cc(NC(=O)c2cn3ccsc3n2)ccc1OC)C(=O)NCCCN. The first kappa shape index (κ1) is 51.9. The first-order chi connectivity index (χ1) is 34.0. The molecule has 4 aromatic heterocycles. The minimum atomic E-state index is -0.880. The quantitative estimate of drug-likeness (QED) is 0.0327. The lowest BCUT2D eigenvalue weighted by Gasteiger charge is -2.19. The number of thiazole rings is 2. The van der Waals surface area contributed by atoms with Gasteiger partial charge in [-0.3, -0.25) is 42.4 Å². The molecule has 6 aromatic rings. The Kier molecular flexibility index (Phi) is 19.5. The summed E-state index contributed by atoms with van der Waals surface area (Å²) >= 11 is 2.79. The number of hydrogen-bond acceptors (Lipinski definition) is 16. The molecule has 0 saturated carbocycles. The molecule has 4 heterocycles. The van der Waals surface area contributed by atoms with E-state index in [-0.39, 0.29) is 92.6 Å². The molecule has 0 radical (unpaired) electrons. The fourth-order valence-corrected chi connectivity index (χ4v) is 8.08. The van der Waals surface area contributed by atoms with Gasteiger partial charge in [-0.2, -0.15) is 0 Å². The fraction of sp³-hybridized carbons (Fsp3) is 0.356. The van der Waals surface area contributed by atoms with Gasteiger partial charge in [-0.1, -0.05) is 0 Å². The maximum absolute atomic E-state index is 13.1. The van der Waals surface area contributed by atoms with Crippen LogP contribution < -0.4 is 52.4 Å². The molecule has 6 rings (SSSR count). The second kappa shape index (κ2) is 26.3. The number of rotatable bonds is 28. The molecular formula is C45H54N12O11S2. The standard InChI is InChI=1S/C45H54N12O11S2/c1-65-35-9-7-28(51-42(63)33-24-56-16-20-69-44(56)54-33)22-30(35)39(60)49-14-18-67-26-37(58)47-12-4-3-6-32(41(62)48-13-5-11-46)53-38(59)27-68-19-15-50-40(61)31-23-29(8-10-36(31)66-2)52-43(64)34-25-57-17-21-70-45(57)55-34/h7-10,16-17,20-25,32H,3-6,11-15,18-19,26-27,46H2,1-2H3,(H,47,58)(H,48,62)(H,49,60)(H,50,61)(H,51,63)(H,52,64)(H,53,59). The molecule has 0 bridgehead atoms. The van der Waals surface area contributed by atoms with Gasteiger partial charge in [0, 0.05) is 73.1 Å². The van der Waals surface area contributed by atoms with Gasteiger partial charge in [0.25, 0.3) is 23.6 Å². The van der Waals surface area contributed by atoms with E-state index in [4.69, 9.17) is 24.7 Å². The number of unbranched alkanes of at least 4 members (excludes halogenated alkanes) is 1. The van der Waals surface area contributed by atoms with Gasteiger partial charge in [0.15, 0.2) is 9.92 Å². The first-order valence-corrected chi connectivity index (χ1v) is 23.8. The third-order valence-corrected chi connectivity index (χ3v) is 11.7. The molecule has 70 heavy (non-hydrogen) atoms. The molecule has 0 aliphatic carbocycles. The highest BCUT2D eigenvalue weighted by Gasteiger charge is 2.22. The molecule has 1 unspecified atom stereocenters. The molecule has 0 fully saturated rings. The molecule has 0 spiro atoms. The summed E-state index contributed by atoms with van der Waals surface area (Å²) in [4.78, 5) is 99.8. The lowest BCUT2D eigenvalue weighted by molar-refractivity contribution is -0.131. The zero-order chi connectivity index (χ0) is 49.8. The van der Waals surface area contributed by atoms with Crippen LogP contribution in [-0.4, -0.2) is 140 Å². The summed E-state index contributed by atoms with van der Waals surface area (Å²) in [6.07, 6.45) is 8.60. The number of aromatic nitrogens is 4. The van der Waals surface area contributed by atoms with Crippen LogP contribution in [0.3, 0.4) is 0 Å². The second-order valence-electron chi connectivity index (χ2n) is 15.2. The van der Waals surface area contributed by atoms with Crippen LogP contribution in [0.1, 0.15) is 67.4 Å². The maximum atomic E-state index is 13.1. The number of nitrogens with zero attached hydrogens (tertiary/aromatic N) is 4. The van der Waals surface area contributed by atoms with E-state index >= 15 is 0 Å². The molecule has 9 N–H and O–H groups in total. The normalized spacial score (nSPS) is 11.4. The van der Waals surface area contributed by atoms with Gasteiger partial charge >= 0.3 is 0 Å². The molecule has 7 amide bonds. The van der Waals surface area contributed by atoms with Crippen molar-refractivity contribution in [2.75, 3.05) is 84.0 Å². The molecule has 1 atom stereocenters. The summed E-state index contributed by atoms with van der Waals surface area (Å²) in [6, 6.07) is 8.41. The fourth-order valence-electron chi connectivity index (χ4n) is 6.68. The van der Waals surface area contributed by atoms with Gasteiger partial charge < -0.3 is 61.9 Å². The Labute approximate surface area is 409 Å². The highest BCUT2D eigenvalue weighted by atomic mass is 32.1. The third-order valence-electron chi connectivity index (χ3n) is 10.2. The Morgan fingerprint density at radius 1 is 0.629 bits per heavy atom. The summed E-state index contributed by atoms with van der Waals surface area (Å²) in [6.45, 7) is 0.472. The Bertz CT molecular complexity index is 2710. The van der Waals surface area contributed by atoms with Crippen molar-refractivity contribution in [1.29, 1.82) is 0 Å². The van der Waals surface area contributed by atoms with Gasteiger partial charge in [0.1, 0.15) is 42.1 Å². The first-order valence-electron chi connectivity index (χ1n) is 22.0. The molecule has 0 saturated heterocycles. The smallest absolute Gasteiger partial charge is 0.275 e. The van der Waals surface area contributed by atoms with Crippen LogP contribution in [-0.2, 0) is 23.9 Å². The van der Waals surface area contributed by atoms with E-state index in [1.807, 2.05) is 10.8 Å². The minimum absolute atomic E-state index is 0.0277. The number of imidazole rings is 2. The molecule has 0 aliphatic heterocycles. The van der Waals surface area contributed by atoms with Gasteiger partial charge in [-0.15, -0.1) is 22.7 Å². The van der Waals surface area contributed by atoms with Crippen molar-refractivity contribution in [2.24, 2.45) is 5.73 Å². The van der Waals surface area contributed by atoms with E-state index in [2.05, 4.69) is 47.2 Å². The van der Waals surface area contributed by atoms with Crippen molar-refractivity contribution < 1.29 is 52.5 Å². The highest BCUT2D eigenvalue weighted by Crippen LogP contribution is 2.25. The average Bonchev–Trinajstić information content (AvgIpc) is 4.17. The van der Waals surface area contributed by atoms with E-state index in [1.54, 1.807) is 57.9 Å². The van der Waals surface area contributed by atoms with E-state index in [0.717, 1.165) is 0 Å². The number of methoxy groups -OCH3 is 2. The zero-order valence-electron chi connectivity index (χ0n) is 38.4. The van der Waals surface area contributed by atoms with Gasteiger partial charge in [0.05, 0.1) is 38.6 Å². The molecule has 23 nitrogen and oxygen atoms in total. The maximum Gasteiger partial charge on any atom is 0.275 e. The van der Waals surface area contributed by atoms with E-state index in [1.165, 1.54) is 49.0 Å². The summed E-state index contributed by atoms with van der Waals surface area (Å²) in [5.41, 5.74) is 7.09. The van der Waals surface area contributed by atoms with Crippen LogP contribution in [0.5, 0.6) is 11.5 Å². The summed E-state index contributed by atoms with van der Waals surface area (Å²) in [5, 5.41) is 22.8. The predicted molar refractivity (Wildman–Crippen MR) is 260 cm³/mol. The number of fused-ring (bicyclic) bond motifs is 2. The van der Waals surface area contributed by atoms with Crippen LogP contribution in [0.15, 0.2) is 71.9 Å². The summed E-state index contributed by atoms with van der Waals surface area (Å²) < 4.78 is 25.1. The number of nitrogens with one attached hydrogen (secondary N) is 7. The van der Waals surface area contributed by atoms with E-state index in [0.29, 0.717) is 59.4 Å². The van der Waals surface area contributed by atoms with Crippen LogP contribution in [0.25, 0.3) is 9.92 Å². The Morgan fingerprint density at radius 3 is 1.64 bits per heavy atom. The molecule has 25 heteroatoms.